The Morgan fingerprint density at radius 3 is 2.54 bits per heavy atom. The number of nitrogens with one attached hydrogen (secondary N) is 1. The zero-order chi connectivity index (χ0) is 16.9. The van der Waals surface area contributed by atoms with Gasteiger partial charge in [-0.1, -0.05) is 0 Å². The van der Waals surface area contributed by atoms with E-state index in [0.717, 1.165) is 38.2 Å². The summed E-state index contributed by atoms with van der Waals surface area (Å²) in [7, 11) is 0. The van der Waals surface area contributed by atoms with E-state index >= 15 is 0 Å². The van der Waals surface area contributed by atoms with Gasteiger partial charge in [0.15, 0.2) is 0 Å². The maximum atomic E-state index is 12.6. The Kier molecular flexibility index (Phi) is 7.71. The minimum Gasteiger partial charge on any atom is -0.379 e. The molecule has 10 heteroatoms. The second kappa shape index (κ2) is 9.05. The first-order chi connectivity index (χ1) is 10.9. The van der Waals surface area contributed by atoms with Crippen LogP contribution in [-0.4, -0.2) is 49.2 Å². The van der Waals surface area contributed by atoms with E-state index in [1.165, 1.54) is 0 Å². The highest BCUT2D eigenvalue weighted by Gasteiger charge is 2.32. The minimum absolute atomic E-state index is 0. The average Bonchev–Trinajstić information content (AvgIpc) is 2.51. The zero-order valence-corrected chi connectivity index (χ0v) is 13.7. The van der Waals surface area contributed by atoms with Crippen LogP contribution < -0.4 is 5.32 Å². The highest BCUT2D eigenvalue weighted by Crippen LogP contribution is 2.34. The minimum atomic E-state index is -4.60. The van der Waals surface area contributed by atoms with Gasteiger partial charge in [-0.2, -0.15) is 13.2 Å². The lowest BCUT2D eigenvalue weighted by molar-refractivity contribution is -0.384. The molecule has 1 saturated heterocycles. The standard InChI is InChI=1S/C14H18F3N3O3.ClH/c15-14(16,17)11-2-3-12(13(10-11)20(21)22)18-4-1-5-19-6-8-23-9-7-19;/h2-3,10,18H,1,4-9H2;1H. The van der Waals surface area contributed by atoms with E-state index in [9.17, 15) is 23.3 Å². The van der Waals surface area contributed by atoms with Gasteiger partial charge in [-0.15, -0.1) is 12.4 Å². The number of alkyl halides is 3. The van der Waals surface area contributed by atoms with Crippen molar-refractivity contribution in [3.63, 3.8) is 0 Å². The van der Waals surface area contributed by atoms with E-state index in [-0.39, 0.29) is 18.1 Å². The van der Waals surface area contributed by atoms with Crippen LogP contribution in [0.2, 0.25) is 0 Å². The Bertz CT molecular complexity index is 552. The van der Waals surface area contributed by atoms with E-state index < -0.39 is 22.4 Å². The van der Waals surface area contributed by atoms with Crippen molar-refractivity contribution in [1.29, 1.82) is 0 Å². The van der Waals surface area contributed by atoms with Gasteiger partial charge in [-0.05, 0) is 25.1 Å². The predicted molar refractivity (Wildman–Crippen MR) is 85.7 cm³/mol. The average molecular weight is 370 g/mol. The Balaban J connectivity index is 0.00000288. The lowest BCUT2D eigenvalue weighted by atomic mass is 10.1. The van der Waals surface area contributed by atoms with Gasteiger partial charge in [-0.3, -0.25) is 15.0 Å². The largest absolute Gasteiger partial charge is 0.416 e. The summed E-state index contributed by atoms with van der Waals surface area (Å²) >= 11 is 0. The van der Waals surface area contributed by atoms with Crippen LogP contribution >= 0.6 is 12.4 Å². The van der Waals surface area contributed by atoms with Crippen LogP contribution in [0.25, 0.3) is 0 Å². The summed E-state index contributed by atoms with van der Waals surface area (Å²) in [6, 6.07) is 2.51. The number of ether oxygens (including phenoxy) is 1. The van der Waals surface area contributed by atoms with Crippen LogP contribution in [0.5, 0.6) is 0 Å². The lowest BCUT2D eigenvalue weighted by Crippen LogP contribution is -2.37. The van der Waals surface area contributed by atoms with Gasteiger partial charge in [0.2, 0.25) is 0 Å². The molecule has 1 aromatic carbocycles. The number of nitro benzene ring substituents is 1. The number of rotatable bonds is 6. The van der Waals surface area contributed by atoms with Crippen LogP contribution in [-0.2, 0) is 10.9 Å². The van der Waals surface area contributed by atoms with Crippen molar-refractivity contribution in [2.45, 2.75) is 12.6 Å². The third kappa shape index (κ3) is 5.81. The second-order valence-electron chi connectivity index (χ2n) is 5.22. The molecule has 0 saturated carbocycles. The van der Waals surface area contributed by atoms with Gasteiger partial charge in [0.25, 0.3) is 5.69 Å². The van der Waals surface area contributed by atoms with Crippen LogP contribution in [0.1, 0.15) is 12.0 Å². The van der Waals surface area contributed by atoms with E-state index in [1.807, 2.05) is 0 Å². The first-order valence-electron chi connectivity index (χ1n) is 7.27. The molecule has 0 spiro atoms. The molecular weight excluding hydrogens is 351 g/mol. The van der Waals surface area contributed by atoms with Crippen molar-refractivity contribution in [3.8, 4) is 0 Å². The second-order valence-corrected chi connectivity index (χ2v) is 5.22. The molecule has 1 aliphatic heterocycles. The first kappa shape index (κ1) is 20.5. The molecule has 0 atom stereocenters. The van der Waals surface area contributed by atoms with Gasteiger partial charge in [0, 0.05) is 25.7 Å². The Labute approximate surface area is 143 Å². The van der Waals surface area contributed by atoms with Crippen LogP contribution in [0.3, 0.4) is 0 Å². The fraction of sp³-hybridized carbons (Fsp3) is 0.571. The third-order valence-corrected chi connectivity index (χ3v) is 3.59. The van der Waals surface area contributed by atoms with E-state index in [0.29, 0.717) is 25.8 Å². The van der Waals surface area contributed by atoms with Gasteiger partial charge in [0.05, 0.1) is 23.7 Å². The Morgan fingerprint density at radius 1 is 1.29 bits per heavy atom. The fourth-order valence-electron chi connectivity index (χ4n) is 2.36. The number of halogens is 4. The molecule has 1 heterocycles. The Hall–Kier alpha value is -1.58. The summed E-state index contributed by atoms with van der Waals surface area (Å²) in [6.45, 7) is 4.34. The van der Waals surface area contributed by atoms with Crippen molar-refractivity contribution in [2.75, 3.05) is 44.7 Å². The monoisotopic (exact) mass is 369 g/mol. The van der Waals surface area contributed by atoms with Crippen LogP contribution in [0.4, 0.5) is 24.5 Å². The topological polar surface area (TPSA) is 67.6 Å². The molecule has 0 aromatic heterocycles. The molecule has 1 aromatic rings. The van der Waals surface area contributed by atoms with Crippen LogP contribution in [0.15, 0.2) is 18.2 Å². The van der Waals surface area contributed by atoms with Crippen molar-refractivity contribution < 1.29 is 22.8 Å². The van der Waals surface area contributed by atoms with Crippen molar-refractivity contribution in [2.24, 2.45) is 0 Å². The van der Waals surface area contributed by atoms with Gasteiger partial charge in [-0.25, -0.2) is 0 Å². The third-order valence-electron chi connectivity index (χ3n) is 3.59. The van der Waals surface area contributed by atoms with Crippen molar-refractivity contribution in [1.82, 2.24) is 4.90 Å². The van der Waals surface area contributed by atoms with E-state index in [1.54, 1.807) is 0 Å². The number of anilines is 1. The van der Waals surface area contributed by atoms with E-state index in [4.69, 9.17) is 4.74 Å². The molecule has 1 aliphatic rings. The fourth-order valence-corrected chi connectivity index (χ4v) is 2.36. The van der Waals surface area contributed by atoms with Crippen molar-refractivity contribution in [3.05, 3.63) is 33.9 Å². The molecule has 1 N–H and O–H groups in total. The molecule has 6 nitrogen and oxygen atoms in total. The lowest BCUT2D eigenvalue weighted by Gasteiger charge is -2.26. The molecule has 1 fully saturated rings. The summed E-state index contributed by atoms with van der Waals surface area (Å²) in [5.74, 6) is 0. The summed E-state index contributed by atoms with van der Waals surface area (Å²) in [5, 5.41) is 13.8. The maximum Gasteiger partial charge on any atom is 0.416 e. The van der Waals surface area contributed by atoms with Gasteiger partial charge < -0.3 is 10.1 Å². The van der Waals surface area contributed by atoms with Crippen LogP contribution in [0, 0.1) is 10.1 Å². The summed E-state index contributed by atoms with van der Waals surface area (Å²) in [5.41, 5.74) is -1.49. The molecule has 0 radical (unpaired) electrons. The highest BCUT2D eigenvalue weighted by atomic mass is 35.5. The molecule has 24 heavy (non-hydrogen) atoms. The van der Waals surface area contributed by atoms with E-state index in [2.05, 4.69) is 10.2 Å². The van der Waals surface area contributed by atoms with Gasteiger partial charge in [0.1, 0.15) is 5.69 Å². The molecular formula is C14H19ClF3N3O3. The van der Waals surface area contributed by atoms with Crippen molar-refractivity contribution >= 4 is 23.8 Å². The molecule has 0 aliphatic carbocycles. The number of morpholine rings is 1. The predicted octanol–water partition coefficient (Wildman–Crippen LogP) is 3.17. The normalized spacial score (nSPS) is 15.6. The molecule has 0 unspecified atom stereocenters. The Morgan fingerprint density at radius 2 is 1.96 bits per heavy atom. The first-order valence-corrected chi connectivity index (χ1v) is 7.27. The SMILES string of the molecule is Cl.O=[N+]([O-])c1cc(C(F)(F)F)ccc1NCCCN1CCOCC1. The smallest absolute Gasteiger partial charge is 0.379 e. The quantitative estimate of drug-likeness (QED) is 0.474. The molecule has 136 valence electrons. The summed E-state index contributed by atoms with van der Waals surface area (Å²) in [6.07, 6.45) is -3.86. The number of benzene rings is 1. The zero-order valence-electron chi connectivity index (χ0n) is 12.8. The molecule has 0 bridgehead atoms. The maximum absolute atomic E-state index is 12.6. The highest BCUT2D eigenvalue weighted by molar-refractivity contribution is 5.85. The number of hydrogen-bond donors (Lipinski definition) is 1. The summed E-state index contributed by atoms with van der Waals surface area (Å²) < 4.78 is 43.1. The number of nitrogens with zero attached hydrogens (tertiary/aromatic N) is 2. The molecule has 0 amide bonds. The number of nitro groups is 1. The van der Waals surface area contributed by atoms with Gasteiger partial charge >= 0.3 is 6.18 Å². The molecule has 2 rings (SSSR count). The summed E-state index contributed by atoms with van der Waals surface area (Å²) in [4.78, 5) is 12.4. The number of hydrogen-bond acceptors (Lipinski definition) is 5.